The van der Waals surface area contributed by atoms with Crippen molar-refractivity contribution in [1.82, 2.24) is 0 Å². The molecule has 1 atom stereocenters. The number of rotatable bonds is 5. The quantitative estimate of drug-likeness (QED) is 0.667. The Morgan fingerprint density at radius 2 is 1.79 bits per heavy atom. The van der Waals surface area contributed by atoms with Crippen molar-refractivity contribution >= 4 is 0 Å². The van der Waals surface area contributed by atoms with E-state index in [2.05, 4.69) is 39.8 Å². The number of aliphatic hydroxyl groups is 1. The fraction of sp³-hybridized carbons (Fsp3) is 0.692. The van der Waals surface area contributed by atoms with Gasteiger partial charge in [0, 0.05) is 0 Å². The van der Waals surface area contributed by atoms with Crippen molar-refractivity contribution in [2.75, 3.05) is 6.61 Å². The van der Waals surface area contributed by atoms with E-state index in [4.69, 9.17) is 5.11 Å². The fourth-order valence-electron chi connectivity index (χ4n) is 1.39. The van der Waals surface area contributed by atoms with Crippen molar-refractivity contribution in [1.29, 1.82) is 0 Å². The van der Waals surface area contributed by atoms with Gasteiger partial charge in [-0.3, -0.25) is 0 Å². The molecule has 14 heavy (non-hydrogen) atoms. The molecular formula is C13H24O. The van der Waals surface area contributed by atoms with Gasteiger partial charge in [-0.1, -0.05) is 37.1 Å². The summed E-state index contributed by atoms with van der Waals surface area (Å²) in [6.45, 7) is 10.9. The van der Waals surface area contributed by atoms with Crippen LogP contribution in [0, 0.1) is 11.8 Å². The minimum atomic E-state index is 0.179. The summed E-state index contributed by atoms with van der Waals surface area (Å²) in [6.07, 6.45) is 5.47. The van der Waals surface area contributed by atoms with E-state index in [1.54, 1.807) is 0 Å². The molecule has 0 aromatic carbocycles. The number of hydrogen-bond donors (Lipinski definition) is 1. The van der Waals surface area contributed by atoms with Crippen LogP contribution in [0.2, 0.25) is 0 Å². The number of hydrogen-bond acceptors (Lipinski definition) is 1. The second kappa shape index (κ2) is 6.83. The maximum atomic E-state index is 8.97. The van der Waals surface area contributed by atoms with Gasteiger partial charge < -0.3 is 5.11 Å². The molecule has 0 rings (SSSR count). The molecule has 0 saturated heterocycles. The molecule has 82 valence electrons. The van der Waals surface area contributed by atoms with Crippen molar-refractivity contribution < 1.29 is 5.11 Å². The molecule has 0 aromatic rings. The van der Waals surface area contributed by atoms with E-state index in [-0.39, 0.29) is 6.61 Å². The highest BCUT2D eigenvalue weighted by molar-refractivity contribution is 5.07. The summed E-state index contributed by atoms with van der Waals surface area (Å²) in [5.41, 5.74) is 2.50. The van der Waals surface area contributed by atoms with Gasteiger partial charge in [-0.15, -0.1) is 0 Å². The van der Waals surface area contributed by atoms with Crippen molar-refractivity contribution in [3.05, 3.63) is 23.3 Å². The summed E-state index contributed by atoms with van der Waals surface area (Å²) >= 11 is 0. The Hall–Kier alpha value is -0.560. The zero-order valence-electron chi connectivity index (χ0n) is 10.2. The second-order valence-electron chi connectivity index (χ2n) is 4.42. The van der Waals surface area contributed by atoms with Crippen molar-refractivity contribution in [2.24, 2.45) is 11.8 Å². The molecule has 0 amide bonds. The zero-order chi connectivity index (χ0) is 11.1. The minimum absolute atomic E-state index is 0.179. The van der Waals surface area contributed by atoms with Gasteiger partial charge in [-0.2, -0.15) is 0 Å². The van der Waals surface area contributed by atoms with E-state index in [1.807, 2.05) is 6.92 Å². The predicted octanol–water partition coefficient (Wildman–Crippen LogP) is 3.55. The second-order valence-corrected chi connectivity index (χ2v) is 4.42. The molecule has 0 spiro atoms. The lowest BCUT2D eigenvalue weighted by atomic mass is 9.88. The normalized spacial score (nSPS) is 16.2. The van der Waals surface area contributed by atoms with Gasteiger partial charge in [-0.25, -0.2) is 0 Å². The van der Waals surface area contributed by atoms with Gasteiger partial charge in [0.05, 0.1) is 6.61 Å². The van der Waals surface area contributed by atoms with Crippen LogP contribution >= 0.6 is 0 Å². The van der Waals surface area contributed by atoms with Crippen LogP contribution in [0.3, 0.4) is 0 Å². The fourth-order valence-corrected chi connectivity index (χ4v) is 1.39. The summed E-state index contributed by atoms with van der Waals surface area (Å²) in [7, 11) is 0. The first kappa shape index (κ1) is 13.4. The highest BCUT2D eigenvalue weighted by atomic mass is 16.3. The first-order valence-corrected chi connectivity index (χ1v) is 5.41. The lowest BCUT2D eigenvalue weighted by molar-refractivity contribution is 0.328. The third-order valence-electron chi connectivity index (χ3n) is 2.65. The highest BCUT2D eigenvalue weighted by Crippen LogP contribution is 2.22. The number of allylic oxidation sites excluding steroid dienone is 3. The molecule has 1 heteroatoms. The molecule has 0 aliphatic heterocycles. The maximum Gasteiger partial charge on any atom is 0.0639 e. The lowest BCUT2D eigenvalue weighted by Crippen LogP contribution is -2.07. The Labute approximate surface area is 88.5 Å². The van der Waals surface area contributed by atoms with Crippen molar-refractivity contribution in [3.8, 4) is 0 Å². The Morgan fingerprint density at radius 1 is 1.21 bits per heavy atom. The molecule has 1 N–H and O–H groups in total. The third kappa shape index (κ3) is 5.23. The molecular weight excluding hydrogens is 172 g/mol. The molecule has 0 radical (unpaired) electrons. The molecule has 1 unspecified atom stereocenters. The van der Waals surface area contributed by atoms with Crippen LogP contribution in [-0.2, 0) is 0 Å². The minimum Gasteiger partial charge on any atom is -0.392 e. The average Bonchev–Trinajstić information content (AvgIpc) is 2.16. The maximum absolute atomic E-state index is 8.97. The van der Waals surface area contributed by atoms with E-state index < -0.39 is 0 Å². The summed E-state index contributed by atoms with van der Waals surface area (Å²) < 4.78 is 0. The SMILES string of the molecule is CC=C(C)CC(C=C(C)CO)C(C)C. The highest BCUT2D eigenvalue weighted by Gasteiger charge is 2.10. The molecule has 0 bridgehead atoms. The van der Waals surface area contributed by atoms with E-state index in [9.17, 15) is 0 Å². The molecule has 0 heterocycles. The first-order valence-electron chi connectivity index (χ1n) is 5.41. The Balaban J connectivity index is 4.46. The van der Waals surface area contributed by atoms with Crippen molar-refractivity contribution in [3.63, 3.8) is 0 Å². The molecule has 1 nitrogen and oxygen atoms in total. The average molecular weight is 196 g/mol. The topological polar surface area (TPSA) is 20.2 Å². The monoisotopic (exact) mass is 196 g/mol. The van der Waals surface area contributed by atoms with Crippen LogP contribution in [0.1, 0.15) is 41.0 Å². The number of aliphatic hydroxyl groups excluding tert-OH is 1. The molecule has 0 saturated carbocycles. The summed E-state index contributed by atoms with van der Waals surface area (Å²) in [6, 6.07) is 0. The summed E-state index contributed by atoms with van der Waals surface area (Å²) in [5, 5.41) is 8.97. The van der Waals surface area contributed by atoms with Gasteiger partial charge in [-0.05, 0) is 39.0 Å². The molecule has 0 aliphatic carbocycles. The summed E-state index contributed by atoms with van der Waals surface area (Å²) in [4.78, 5) is 0. The smallest absolute Gasteiger partial charge is 0.0639 e. The van der Waals surface area contributed by atoms with E-state index >= 15 is 0 Å². The predicted molar refractivity (Wildman–Crippen MR) is 63.2 cm³/mol. The standard InChI is InChI=1S/C13H24O/c1-6-11(4)7-13(10(2)3)8-12(5)9-14/h6,8,10,13-14H,7,9H2,1-5H3. The largest absolute Gasteiger partial charge is 0.392 e. The zero-order valence-corrected chi connectivity index (χ0v) is 10.2. The van der Waals surface area contributed by atoms with Crippen LogP contribution in [0.25, 0.3) is 0 Å². The molecule has 0 aromatic heterocycles. The van der Waals surface area contributed by atoms with Gasteiger partial charge in [0.25, 0.3) is 0 Å². The first-order chi connectivity index (χ1) is 6.51. The van der Waals surface area contributed by atoms with Gasteiger partial charge in [0.15, 0.2) is 0 Å². The van der Waals surface area contributed by atoms with Crippen LogP contribution in [0.4, 0.5) is 0 Å². The van der Waals surface area contributed by atoms with E-state index in [0.717, 1.165) is 12.0 Å². The van der Waals surface area contributed by atoms with E-state index in [0.29, 0.717) is 11.8 Å². The third-order valence-corrected chi connectivity index (χ3v) is 2.65. The van der Waals surface area contributed by atoms with Gasteiger partial charge >= 0.3 is 0 Å². The Morgan fingerprint density at radius 3 is 2.14 bits per heavy atom. The van der Waals surface area contributed by atoms with Crippen LogP contribution < -0.4 is 0 Å². The Bertz CT molecular complexity index is 211. The van der Waals surface area contributed by atoms with Crippen LogP contribution in [0.5, 0.6) is 0 Å². The molecule has 0 fully saturated rings. The van der Waals surface area contributed by atoms with Gasteiger partial charge in [0.1, 0.15) is 0 Å². The van der Waals surface area contributed by atoms with Gasteiger partial charge in [0.2, 0.25) is 0 Å². The van der Waals surface area contributed by atoms with Crippen molar-refractivity contribution in [2.45, 2.75) is 41.0 Å². The molecule has 0 aliphatic rings. The van der Waals surface area contributed by atoms with Crippen LogP contribution in [0.15, 0.2) is 23.3 Å². The van der Waals surface area contributed by atoms with E-state index in [1.165, 1.54) is 5.57 Å². The Kier molecular flexibility index (Phi) is 6.56. The lowest BCUT2D eigenvalue weighted by Gasteiger charge is -2.18. The summed E-state index contributed by atoms with van der Waals surface area (Å²) in [5.74, 6) is 1.18. The van der Waals surface area contributed by atoms with Crippen LogP contribution in [-0.4, -0.2) is 11.7 Å².